The number of aliphatic hydroxyl groups excluding tert-OH is 1. The van der Waals surface area contributed by atoms with Crippen LogP contribution in [0.1, 0.15) is 19.4 Å². The number of aromatic hydroxyl groups is 3. The highest BCUT2D eigenvalue weighted by molar-refractivity contribution is 5.85. The van der Waals surface area contributed by atoms with Gasteiger partial charge in [-0.25, -0.2) is 0 Å². The molecule has 0 bridgehead atoms. The fourth-order valence-corrected chi connectivity index (χ4v) is 2.62. The van der Waals surface area contributed by atoms with E-state index in [9.17, 15) is 25.5 Å². The Balaban J connectivity index is 2.01. The van der Waals surface area contributed by atoms with E-state index < -0.39 is 11.7 Å². The van der Waals surface area contributed by atoms with Crippen molar-refractivity contribution >= 4 is 11.0 Å². The topological polar surface area (TPSA) is 114 Å². The largest absolute Gasteiger partial charge is 0.508 e. The first-order chi connectivity index (χ1) is 11.6. The number of phenolic OH excluding ortho intramolecular Hbond substituents is 3. The van der Waals surface area contributed by atoms with Crippen LogP contribution in [0.25, 0.3) is 22.3 Å². The fraction of sp³-hybridized carbons (Fsp3) is 0.263. The van der Waals surface area contributed by atoms with Crippen molar-refractivity contribution in [2.75, 3.05) is 0 Å². The Bertz CT molecular complexity index is 899. The van der Waals surface area contributed by atoms with Gasteiger partial charge in [0, 0.05) is 29.5 Å². The van der Waals surface area contributed by atoms with Gasteiger partial charge < -0.3 is 29.9 Å². The van der Waals surface area contributed by atoms with E-state index in [0.717, 1.165) is 0 Å². The lowest BCUT2D eigenvalue weighted by Crippen LogP contribution is -2.37. The van der Waals surface area contributed by atoms with E-state index in [1.165, 1.54) is 38.1 Å². The summed E-state index contributed by atoms with van der Waals surface area (Å²) in [5.41, 5.74) is 0.110. The number of furan rings is 1. The van der Waals surface area contributed by atoms with Gasteiger partial charge in [0.15, 0.2) is 0 Å². The summed E-state index contributed by atoms with van der Waals surface area (Å²) in [4.78, 5) is 0. The van der Waals surface area contributed by atoms with Crippen molar-refractivity contribution in [2.45, 2.75) is 32.0 Å². The van der Waals surface area contributed by atoms with Crippen LogP contribution in [-0.2, 0) is 6.42 Å². The van der Waals surface area contributed by atoms with Crippen molar-refractivity contribution in [3.8, 4) is 28.6 Å². The second kappa shape index (κ2) is 5.98. The zero-order valence-corrected chi connectivity index (χ0v) is 13.9. The van der Waals surface area contributed by atoms with E-state index in [1.807, 2.05) is 0 Å². The quantitative estimate of drug-likeness (QED) is 0.497. The molecule has 6 heteroatoms. The lowest BCUT2D eigenvalue weighted by molar-refractivity contribution is -0.0471. The molecule has 3 rings (SSSR count). The fourth-order valence-electron chi connectivity index (χ4n) is 2.62. The number of benzene rings is 2. The summed E-state index contributed by atoms with van der Waals surface area (Å²) in [7, 11) is 0. The number of hydrogen-bond donors (Lipinski definition) is 5. The summed E-state index contributed by atoms with van der Waals surface area (Å²) in [5.74, 6) is 0.191. The van der Waals surface area contributed by atoms with E-state index in [4.69, 9.17) is 4.42 Å². The number of phenols is 3. The van der Waals surface area contributed by atoms with Crippen LogP contribution >= 0.6 is 0 Å². The zero-order valence-electron chi connectivity index (χ0n) is 13.9. The first-order valence-electron chi connectivity index (χ1n) is 7.83. The highest BCUT2D eigenvalue weighted by Gasteiger charge is 2.26. The number of fused-ring (bicyclic) bond motifs is 1. The van der Waals surface area contributed by atoms with E-state index in [-0.39, 0.29) is 23.7 Å². The van der Waals surface area contributed by atoms with E-state index in [1.54, 1.807) is 12.1 Å². The van der Waals surface area contributed by atoms with Crippen LogP contribution in [-0.4, -0.2) is 37.2 Å². The Morgan fingerprint density at radius 3 is 2.20 bits per heavy atom. The monoisotopic (exact) mass is 344 g/mol. The van der Waals surface area contributed by atoms with Gasteiger partial charge in [-0.05, 0) is 43.7 Å². The molecule has 3 aromatic rings. The second-order valence-corrected chi connectivity index (χ2v) is 6.74. The molecule has 0 radical (unpaired) electrons. The van der Waals surface area contributed by atoms with Gasteiger partial charge in [0.2, 0.25) is 0 Å². The van der Waals surface area contributed by atoms with E-state index in [2.05, 4.69) is 0 Å². The SMILES string of the molecule is CC(C)(O)C(O)Cc1cc2cc(-c3cc(O)cc(O)c3)oc2cc1O. The molecule has 0 aliphatic rings. The first kappa shape index (κ1) is 17.1. The molecule has 132 valence electrons. The Morgan fingerprint density at radius 1 is 0.960 bits per heavy atom. The van der Waals surface area contributed by atoms with Gasteiger partial charge in [0.05, 0.1) is 11.7 Å². The third-order valence-corrected chi connectivity index (χ3v) is 4.13. The van der Waals surface area contributed by atoms with Gasteiger partial charge >= 0.3 is 0 Å². The van der Waals surface area contributed by atoms with Gasteiger partial charge in [-0.2, -0.15) is 0 Å². The van der Waals surface area contributed by atoms with E-state index >= 15 is 0 Å². The third kappa shape index (κ3) is 3.55. The molecule has 1 heterocycles. The van der Waals surface area contributed by atoms with Crippen molar-refractivity contribution in [3.63, 3.8) is 0 Å². The highest BCUT2D eigenvalue weighted by atomic mass is 16.3. The Kier molecular flexibility index (Phi) is 4.10. The molecule has 25 heavy (non-hydrogen) atoms. The molecule has 1 unspecified atom stereocenters. The third-order valence-electron chi connectivity index (χ3n) is 4.13. The minimum absolute atomic E-state index is 0.0459. The second-order valence-electron chi connectivity index (χ2n) is 6.74. The van der Waals surface area contributed by atoms with Crippen LogP contribution in [0.15, 0.2) is 40.8 Å². The number of rotatable bonds is 4. The molecule has 0 saturated heterocycles. The predicted octanol–water partition coefficient (Wildman–Crippen LogP) is 2.89. The van der Waals surface area contributed by atoms with Crippen molar-refractivity contribution in [2.24, 2.45) is 0 Å². The number of hydrogen-bond acceptors (Lipinski definition) is 6. The highest BCUT2D eigenvalue weighted by Crippen LogP contribution is 2.35. The molecule has 6 nitrogen and oxygen atoms in total. The smallest absolute Gasteiger partial charge is 0.138 e. The van der Waals surface area contributed by atoms with Crippen molar-refractivity contribution in [1.29, 1.82) is 0 Å². The summed E-state index contributed by atoms with van der Waals surface area (Å²) in [6.07, 6.45) is -0.955. The van der Waals surface area contributed by atoms with E-state index in [0.29, 0.717) is 27.9 Å². The Labute approximate surface area is 144 Å². The predicted molar refractivity (Wildman–Crippen MR) is 92.7 cm³/mol. The van der Waals surface area contributed by atoms with Crippen molar-refractivity contribution < 1.29 is 29.9 Å². The average molecular weight is 344 g/mol. The molecule has 0 fully saturated rings. The molecule has 5 N–H and O–H groups in total. The summed E-state index contributed by atoms with van der Waals surface area (Å²) in [6.45, 7) is 3.00. The minimum Gasteiger partial charge on any atom is -0.508 e. The molecule has 0 spiro atoms. The van der Waals surface area contributed by atoms with Crippen LogP contribution in [0.4, 0.5) is 0 Å². The molecule has 1 atom stereocenters. The average Bonchev–Trinajstić information content (AvgIpc) is 2.88. The molecule has 2 aromatic carbocycles. The lowest BCUT2D eigenvalue weighted by Gasteiger charge is -2.24. The molecule has 0 amide bonds. The number of aliphatic hydroxyl groups is 2. The molecular formula is C19H20O6. The van der Waals surface area contributed by atoms with Gasteiger partial charge in [-0.1, -0.05) is 0 Å². The van der Waals surface area contributed by atoms with Crippen LogP contribution in [0.5, 0.6) is 17.2 Å². The summed E-state index contributed by atoms with van der Waals surface area (Å²) >= 11 is 0. The zero-order chi connectivity index (χ0) is 18.4. The van der Waals surface area contributed by atoms with Crippen molar-refractivity contribution in [1.82, 2.24) is 0 Å². The summed E-state index contributed by atoms with van der Waals surface area (Å²) < 4.78 is 5.68. The maximum Gasteiger partial charge on any atom is 0.138 e. The maximum absolute atomic E-state index is 10.2. The van der Waals surface area contributed by atoms with Crippen LogP contribution in [0.2, 0.25) is 0 Å². The van der Waals surface area contributed by atoms with Gasteiger partial charge in [0.1, 0.15) is 28.6 Å². The van der Waals surface area contributed by atoms with Gasteiger partial charge in [-0.3, -0.25) is 0 Å². The van der Waals surface area contributed by atoms with Gasteiger partial charge in [0.25, 0.3) is 0 Å². The summed E-state index contributed by atoms with van der Waals surface area (Å²) in [5, 5.41) is 49.9. The molecule has 0 aliphatic carbocycles. The molecule has 1 aromatic heterocycles. The molecule has 0 aliphatic heterocycles. The lowest BCUT2D eigenvalue weighted by atomic mass is 9.94. The Hall–Kier alpha value is -2.70. The van der Waals surface area contributed by atoms with Crippen LogP contribution < -0.4 is 0 Å². The van der Waals surface area contributed by atoms with Crippen molar-refractivity contribution in [3.05, 3.63) is 42.0 Å². The van der Waals surface area contributed by atoms with Crippen LogP contribution in [0, 0.1) is 0 Å². The normalized spacial score (nSPS) is 13.3. The maximum atomic E-state index is 10.2. The molecular weight excluding hydrogens is 324 g/mol. The first-order valence-corrected chi connectivity index (χ1v) is 7.83. The molecule has 0 saturated carbocycles. The van der Waals surface area contributed by atoms with Gasteiger partial charge in [-0.15, -0.1) is 0 Å². The minimum atomic E-state index is -1.29. The standard InChI is InChI=1S/C19H20O6/c1-19(2,24)18(23)7-10-3-11-6-16(25-17(11)9-15(10)22)12-4-13(20)8-14(21)5-12/h3-6,8-9,18,20-24H,7H2,1-2H3. The van der Waals surface area contributed by atoms with Crippen LogP contribution in [0.3, 0.4) is 0 Å². The Morgan fingerprint density at radius 2 is 1.60 bits per heavy atom. The summed E-state index contributed by atoms with van der Waals surface area (Å²) in [6, 6.07) is 8.95.